The summed E-state index contributed by atoms with van der Waals surface area (Å²) in [5.74, 6) is 11.5. The van der Waals surface area contributed by atoms with Crippen molar-refractivity contribution in [2.45, 2.75) is 80.2 Å². The van der Waals surface area contributed by atoms with Crippen molar-refractivity contribution in [1.82, 2.24) is 29.7 Å². The van der Waals surface area contributed by atoms with E-state index in [9.17, 15) is 19.2 Å². The zero-order chi connectivity index (χ0) is 43.6. The fraction of sp³-hybridized carbons (Fsp3) is 0.347. The Bertz CT molecular complexity index is 2510. The summed E-state index contributed by atoms with van der Waals surface area (Å²) in [5, 5.41) is 0. The normalized spacial score (nSPS) is 16.8. The second-order valence-electron chi connectivity index (χ2n) is 15.7. The molecule has 2 N–H and O–H groups in total. The number of amides is 2. The van der Waals surface area contributed by atoms with Gasteiger partial charge in [0.1, 0.15) is 17.3 Å². The van der Waals surface area contributed by atoms with Crippen LogP contribution >= 0.6 is 11.8 Å². The highest BCUT2D eigenvalue weighted by Gasteiger charge is 2.39. The standard InChI is InChI=1S/C49H50N6O6S/c1-32(2)38(28-44(56)60-3)48(58)54-25-14-22-42(54)47-51-31-40(53-47)35-24-23-34(43(27-35)62-37-19-9-6-10-20-37)17-11-12-18-36-30-50-46(52-36)41-21-13-26-55(41)49(59)39(29-45(57)61-4)33-15-7-5-8-16-33/h5-10,15-16,19-20,23-24,27,30-32,38-39,41-42H,13-14,21-22,25-26,28-29H2,1-4H3,(H,50,52)(H,51,53)/t38-,39+,41-,42-/m0/s1. The molecule has 0 spiro atoms. The van der Waals surface area contributed by atoms with Gasteiger partial charge in [-0.1, -0.05) is 86.1 Å². The minimum Gasteiger partial charge on any atom is -0.469 e. The fourth-order valence-corrected chi connectivity index (χ4v) is 9.07. The number of hydrogen-bond donors (Lipinski definition) is 2. The number of hydrogen-bond acceptors (Lipinski definition) is 9. The molecular formula is C49H50N6O6S. The monoisotopic (exact) mass is 850 g/mol. The molecule has 0 unspecified atom stereocenters. The highest BCUT2D eigenvalue weighted by Crippen LogP contribution is 2.38. The Kier molecular flexibility index (Phi) is 14.3. The number of aromatic amines is 2. The molecule has 2 saturated heterocycles. The summed E-state index contributed by atoms with van der Waals surface area (Å²) in [7, 11) is 2.68. The zero-order valence-corrected chi connectivity index (χ0v) is 36.2. The van der Waals surface area contributed by atoms with Gasteiger partial charge in [-0.15, -0.1) is 0 Å². The Hall–Kier alpha value is -6.57. The molecule has 7 rings (SSSR count). The molecule has 3 aromatic carbocycles. The van der Waals surface area contributed by atoms with Crippen LogP contribution in [0, 0.1) is 35.5 Å². The molecule has 13 heteroatoms. The van der Waals surface area contributed by atoms with E-state index in [1.54, 1.807) is 29.1 Å². The van der Waals surface area contributed by atoms with Crippen molar-refractivity contribution in [1.29, 1.82) is 0 Å². The van der Waals surface area contributed by atoms with Gasteiger partial charge < -0.3 is 29.2 Å². The molecule has 4 atom stereocenters. The number of rotatable bonds is 13. The molecule has 2 aliphatic rings. The summed E-state index contributed by atoms with van der Waals surface area (Å²) in [6.45, 7) is 5.08. The van der Waals surface area contributed by atoms with Gasteiger partial charge in [0.05, 0.1) is 69.1 Å². The van der Waals surface area contributed by atoms with Crippen LogP contribution in [0.3, 0.4) is 0 Å². The minimum atomic E-state index is -0.659. The van der Waals surface area contributed by atoms with Crippen LogP contribution in [0.2, 0.25) is 0 Å². The third-order valence-electron chi connectivity index (χ3n) is 11.4. The summed E-state index contributed by atoms with van der Waals surface area (Å²) in [5.41, 5.74) is 3.90. The Morgan fingerprint density at radius 2 is 1.37 bits per heavy atom. The van der Waals surface area contributed by atoms with Gasteiger partial charge in [-0.25, -0.2) is 9.97 Å². The molecule has 62 heavy (non-hydrogen) atoms. The Morgan fingerprint density at radius 1 is 0.758 bits per heavy atom. The van der Waals surface area contributed by atoms with Crippen molar-refractivity contribution in [3.63, 3.8) is 0 Å². The molecular weight excluding hydrogens is 801 g/mol. The third kappa shape index (κ3) is 10.3. The van der Waals surface area contributed by atoms with E-state index >= 15 is 0 Å². The molecule has 0 radical (unpaired) electrons. The number of H-pyrrole nitrogens is 2. The number of likely N-dealkylation sites (tertiary alicyclic amines) is 2. The first-order valence-electron chi connectivity index (χ1n) is 20.9. The molecule has 0 bridgehead atoms. The first-order chi connectivity index (χ1) is 30.1. The van der Waals surface area contributed by atoms with E-state index in [0.29, 0.717) is 30.4 Å². The average molecular weight is 851 g/mol. The van der Waals surface area contributed by atoms with E-state index in [0.717, 1.165) is 57.9 Å². The van der Waals surface area contributed by atoms with Crippen molar-refractivity contribution in [2.24, 2.45) is 11.8 Å². The number of nitrogens with zero attached hydrogens (tertiary/aromatic N) is 4. The van der Waals surface area contributed by atoms with Crippen LogP contribution in [-0.4, -0.2) is 80.8 Å². The number of nitrogens with one attached hydrogen (secondary N) is 2. The fourth-order valence-electron chi connectivity index (χ4n) is 8.11. The molecule has 2 aromatic heterocycles. The van der Waals surface area contributed by atoms with Crippen LogP contribution in [0.25, 0.3) is 11.3 Å². The number of benzene rings is 3. The topological polar surface area (TPSA) is 151 Å². The quantitative estimate of drug-likeness (QED) is 0.0892. The molecule has 2 fully saturated rings. The molecule has 4 heterocycles. The third-order valence-corrected chi connectivity index (χ3v) is 12.5. The van der Waals surface area contributed by atoms with Crippen molar-refractivity contribution in [3.05, 3.63) is 120 Å². The molecule has 0 aliphatic carbocycles. The summed E-state index contributed by atoms with van der Waals surface area (Å²) >= 11 is 1.60. The van der Waals surface area contributed by atoms with E-state index in [2.05, 4.69) is 56.8 Å². The smallest absolute Gasteiger partial charge is 0.306 e. The number of imidazole rings is 2. The van der Waals surface area contributed by atoms with Gasteiger partial charge in [0.15, 0.2) is 0 Å². The largest absolute Gasteiger partial charge is 0.469 e. The summed E-state index contributed by atoms with van der Waals surface area (Å²) < 4.78 is 9.82. The van der Waals surface area contributed by atoms with Gasteiger partial charge in [0.25, 0.3) is 0 Å². The molecule has 2 aliphatic heterocycles. The Morgan fingerprint density at radius 3 is 2.05 bits per heavy atom. The number of carbonyl (C=O) groups excluding carboxylic acids is 4. The molecule has 5 aromatic rings. The van der Waals surface area contributed by atoms with Crippen LogP contribution < -0.4 is 0 Å². The van der Waals surface area contributed by atoms with E-state index in [1.165, 1.54) is 14.2 Å². The maximum Gasteiger partial charge on any atom is 0.306 e. The van der Waals surface area contributed by atoms with Crippen LogP contribution in [0.15, 0.2) is 101 Å². The van der Waals surface area contributed by atoms with Crippen molar-refractivity contribution in [2.75, 3.05) is 27.3 Å². The van der Waals surface area contributed by atoms with Gasteiger partial charge >= 0.3 is 11.9 Å². The van der Waals surface area contributed by atoms with E-state index in [-0.39, 0.29) is 48.6 Å². The Labute approximate surface area is 366 Å². The van der Waals surface area contributed by atoms with Crippen LogP contribution in [-0.2, 0) is 28.7 Å². The predicted octanol–water partition coefficient (Wildman–Crippen LogP) is 7.86. The molecule has 318 valence electrons. The van der Waals surface area contributed by atoms with Gasteiger partial charge in [0.2, 0.25) is 11.8 Å². The summed E-state index contributed by atoms with van der Waals surface area (Å²) in [6, 6.07) is 25.0. The average Bonchev–Trinajstić information content (AvgIpc) is 4.14. The maximum absolute atomic E-state index is 13.9. The first kappa shape index (κ1) is 43.5. The second-order valence-corrected chi connectivity index (χ2v) is 16.9. The van der Waals surface area contributed by atoms with E-state index in [4.69, 9.17) is 14.5 Å². The second kappa shape index (κ2) is 20.3. The maximum atomic E-state index is 13.9. The van der Waals surface area contributed by atoms with Crippen LogP contribution in [0.1, 0.15) is 98.8 Å². The predicted molar refractivity (Wildman–Crippen MR) is 235 cm³/mol. The highest BCUT2D eigenvalue weighted by molar-refractivity contribution is 7.99. The number of ether oxygens (including phenoxy) is 2. The zero-order valence-electron chi connectivity index (χ0n) is 35.4. The van der Waals surface area contributed by atoms with Gasteiger partial charge in [-0.3, -0.25) is 19.2 Å². The highest BCUT2D eigenvalue weighted by atomic mass is 32.2. The molecule has 12 nitrogen and oxygen atoms in total. The number of aromatic nitrogens is 4. The number of esters is 2. The first-order valence-corrected chi connectivity index (χ1v) is 21.7. The van der Waals surface area contributed by atoms with Crippen LogP contribution in [0.4, 0.5) is 0 Å². The Balaban J connectivity index is 1.08. The lowest BCUT2D eigenvalue weighted by Crippen LogP contribution is -2.39. The summed E-state index contributed by atoms with van der Waals surface area (Å²) in [4.78, 5) is 74.0. The van der Waals surface area contributed by atoms with Crippen molar-refractivity contribution >= 4 is 35.5 Å². The van der Waals surface area contributed by atoms with Crippen molar-refractivity contribution < 1.29 is 28.7 Å². The lowest BCUT2D eigenvalue weighted by Gasteiger charge is -2.29. The van der Waals surface area contributed by atoms with Gasteiger partial charge in [-0.05, 0) is 79.2 Å². The molecule has 0 saturated carbocycles. The van der Waals surface area contributed by atoms with E-state index in [1.807, 2.05) is 79.4 Å². The number of methoxy groups -OCH3 is 2. The van der Waals surface area contributed by atoms with Crippen molar-refractivity contribution in [3.8, 4) is 34.9 Å². The SMILES string of the molecule is COC(=O)C[C@H](C(=O)N1CCC[C@H]1c1ncc(-c2ccc(C#CC#Cc3cnc([C@@H]4CCCN4C(=O)[C@H](CC(=O)OC)c4ccccc4)[nH]3)c(Sc3ccccc3)c2)[nH]1)C(C)C. The minimum absolute atomic E-state index is 0.0194. The van der Waals surface area contributed by atoms with Gasteiger partial charge in [0, 0.05) is 34.0 Å². The van der Waals surface area contributed by atoms with Crippen LogP contribution in [0.5, 0.6) is 0 Å². The van der Waals surface area contributed by atoms with Gasteiger partial charge in [-0.2, -0.15) is 0 Å². The summed E-state index contributed by atoms with van der Waals surface area (Å²) in [6.07, 6.45) is 6.63. The van der Waals surface area contributed by atoms with E-state index < -0.39 is 17.8 Å². The lowest BCUT2D eigenvalue weighted by molar-refractivity contribution is -0.148. The lowest BCUT2D eigenvalue weighted by atomic mass is 9.91. The number of carbonyl (C=O) groups is 4. The molecule has 2 amide bonds.